The quantitative estimate of drug-likeness (QED) is 0.429. The molecule has 0 radical (unpaired) electrons. The topological polar surface area (TPSA) is 46.5 Å². The van der Waals surface area contributed by atoms with Crippen LogP contribution in [-0.4, -0.2) is 24.7 Å². The third-order valence-corrected chi connectivity index (χ3v) is 0.243. The van der Waals surface area contributed by atoms with E-state index in [4.69, 9.17) is 9.22 Å². The lowest BCUT2D eigenvalue weighted by atomic mass is 10.8. The minimum absolute atomic E-state index is 0.904. The Morgan fingerprint density at radius 2 is 3.00 bits per heavy atom. The van der Waals surface area contributed by atoms with E-state index in [1.165, 1.54) is 0 Å². The summed E-state index contributed by atoms with van der Waals surface area (Å²) in [5.41, 5.74) is 0. The van der Waals surface area contributed by atoms with Crippen molar-refractivity contribution in [1.29, 1.82) is 0 Å². The van der Waals surface area contributed by atoms with Crippen LogP contribution >= 0.6 is 0 Å². The highest BCUT2D eigenvalue weighted by atomic mass is 16.5. The molecule has 0 rings (SSSR count). The van der Waals surface area contributed by atoms with Crippen molar-refractivity contribution in [2.45, 2.75) is 0 Å². The van der Waals surface area contributed by atoms with Crippen LogP contribution in [0.5, 0.6) is 0 Å². The van der Waals surface area contributed by atoms with Crippen LogP contribution in [0.4, 0.5) is 0 Å². The number of ether oxygens (including phenoxy) is 1. The molecule has 0 heterocycles. The Hall–Kier alpha value is -0.570. The molecule has 3 heteroatoms. The van der Waals surface area contributed by atoms with Crippen molar-refractivity contribution in [3.05, 3.63) is 0 Å². The minimum Gasteiger partial charge on any atom is -0.467 e. The van der Waals surface area contributed by atoms with Crippen LogP contribution < -0.4 is 0 Å². The fourth-order valence-corrected chi connectivity index (χ4v) is 0.0323. The molecule has 0 saturated carbocycles. The maximum Gasteiger partial charge on any atom is 0.331 e. The van der Waals surface area contributed by atoms with Gasteiger partial charge in [-0.2, -0.15) is 0 Å². The molecule has 0 aromatic carbocycles. The molecule has 0 amide bonds. The molecular weight excluding hydrogens is 84.0 g/mol. The van der Waals surface area contributed by atoms with Crippen LogP contribution in [0.15, 0.2) is 0 Å². The Morgan fingerprint density at radius 3 is 3.17 bits per heavy atom. The van der Waals surface area contributed by atoms with E-state index in [0.717, 1.165) is 0 Å². The van der Waals surface area contributed by atoms with Gasteiger partial charge in [0.05, 0.1) is 11.2 Å². The molecule has 3 nitrogen and oxygen atoms in total. The summed E-state index contributed by atoms with van der Waals surface area (Å²) in [4.78, 5) is 10.00. The van der Waals surface area contributed by atoms with Crippen LogP contribution in [0.1, 0.15) is 4.11 Å². The van der Waals surface area contributed by atoms with Gasteiger partial charge in [0.15, 0.2) is 0 Å². The number of hydrogen-bond donors (Lipinski definition) is 1. The highest BCUT2D eigenvalue weighted by Gasteiger charge is 1.89. The molecule has 0 saturated heterocycles. The smallest absolute Gasteiger partial charge is 0.331 e. The van der Waals surface area contributed by atoms with Crippen molar-refractivity contribution in [1.82, 2.24) is 0 Å². The van der Waals surface area contributed by atoms with Crippen LogP contribution in [0.25, 0.3) is 0 Å². The van der Waals surface area contributed by atoms with Gasteiger partial charge in [-0.3, -0.25) is 0 Å². The van der Waals surface area contributed by atoms with Gasteiger partial charge in [-0.1, -0.05) is 0 Å². The highest BCUT2D eigenvalue weighted by Crippen LogP contribution is 1.63. The van der Waals surface area contributed by atoms with E-state index < -0.39 is 19.6 Å². The zero-order valence-corrected chi connectivity index (χ0v) is 2.97. The molecule has 0 spiro atoms. The molecule has 0 bridgehead atoms. The average Bonchev–Trinajstić information content (AvgIpc) is 1.62. The van der Waals surface area contributed by atoms with Crippen molar-refractivity contribution in [2.24, 2.45) is 0 Å². The van der Waals surface area contributed by atoms with E-state index in [-0.39, 0.29) is 0 Å². The summed E-state index contributed by atoms with van der Waals surface area (Å²) in [6, 6.07) is 0. The molecular formula is C3H6O3. The Morgan fingerprint density at radius 1 is 2.33 bits per heavy atom. The summed E-state index contributed by atoms with van der Waals surface area (Å²) in [5, 5.41) is 7.97. The Labute approximate surface area is 39.8 Å². The molecule has 0 aliphatic carbocycles. The van der Waals surface area contributed by atoms with Crippen molar-refractivity contribution >= 4 is 5.97 Å². The van der Waals surface area contributed by atoms with Crippen LogP contribution in [0.3, 0.4) is 0 Å². The average molecular weight is 93.1 g/mol. The van der Waals surface area contributed by atoms with Gasteiger partial charge >= 0.3 is 5.97 Å². The van der Waals surface area contributed by atoms with Gasteiger partial charge in [0.2, 0.25) is 0 Å². The first-order valence-corrected chi connectivity index (χ1v) is 1.28. The fraction of sp³-hybridized carbons (Fsp3) is 0.667. The lowest BCUT2D eigenvalue weighted by Crippen LogP contribution is -2.04. The number of aliphatic hydroxyl groups is 1. The second-order valence-electron chi connectivity index (χ2n) is 0.632. The van der Waals surface area contributed by atoms with E-state index in [2.05, 4.69) is 4.74 Å². The van der Waals surface area contributed by atoms with Crippen molar-refractivity contribution < 1.29 is 18.8 Å². The summed E-state index contributed by atoms with van der Waals surface area (Å²) < 4.78 is 22.7. The maximum atomic E-state index is 10.00. The Balaban J connectivity index is 3.60. The van der Waals surface area contributed by atoms with Gasteiger partial charge in [-0.05, 0) is 0 Å². The van der Waals surface area contributed by atoms with Crippen LogP contribution in [0, 0.1) is 0 Å². The first-order chi connectivity index (χ1) is 3.95. The molecule has 0 aromatic rings. The number of esters is 1. The second-order valence-corrected chi connectivity index (χ2v) is 0.632. The number of methoxy groups -OCH3 is 1. The summed E-state index contributed by atoms with van der Waals surface area (Å²) in [5.74, 6) is -1.14. The van der Waals surface area contributed by atoms with Crippen molar-refractivity contribution in [3.63, 3.8) is 0 Å². The molecule has 6 heavy (non-hydrogen) atoms. The predicted molar refractivity (Wildman–Crippen MR) is 19.1 cm³/mol. The summed E-state index contributed by atoms with van der Waals surface area (Å²) in [6.45, 7) is -0.904. The van der Waals surface area contributed by atoms with Gasteiger partial charge in [0.25, 0.3) is 0 Å². The van der Waals surface area contributed by atoms with E-state index in [1.54, 1.807) is 0 Å². The van der Waals surface area contributed by atoms with Crippen LogP contribution in [0.2, 0.25) is 0 Å². The molecule has 0 aliphatic rings. The number of aliphatic hydroxyl groups excluding tert-OH is 1. The van der Waals surface area contributed by atoms with E-state index in [0.29, 0.717) is 0 Å². The normalized spacial score (nSPS) is 17.2. The third-order valence-electron chi connectivity index (χ3n) is 0.243. The number of hydrogen-bond acceptors (Lipinski definition) is 3. The zero-order valence-electron chi connectivity index (χ0n) is 5.97. The molecule has 1 N–H and O–H groups in total. The molecule has 0 aromatic heterocycles. The summed E-state index contributed by atoms with van der Waals surface area (Å²) in [6.07, 6.45) is 0. The third kappa shape index (κ3) is 1.72. The molecule has 36 valence electrons. The second kappa shape index (κ2) is 2.66. The largest absolute Gasteiger partial charge is 0.467 e. The SMILES string of the molecule is [2H]C([2H])([2H])OC(=O)CO. The summed E-state index contributed by atoms with van der Waals surface area (Å²) >= 11 is 0. The Kier molecular flexibility index (Phi) is 0.854. The predicted octanol–water partition coefficient (Wildman–Crippen LogP) is -0.848. The molecule has 0 unspecified atom stereocenters. The van der Waals surface area contributed by atoms with Gasteiger partial charge in [0.1, 0.15) is 6.61 Å². The van der Waals surface area contributed by atoms with E-state index >= 15 is 0 Å². The molecule has 0 fully saturated rings. The number of rotatable bonds is 1. The first kappa shape index (κ1) is 1.93. The van der Waals surface area contributed by atoms with Crippen molar-refractivity contribution in [2.75, 3.05) is 13.6 Å². The molecule has 0 atom stereocenters. The highest BCUT2D eigenvalue weighted by molar-refractivity contribution is 5.70. The van der Waals surface area contributed by atoms with Gasteiger partial charge in [-0.15, -0.1) is 0 Å². The maximum absolute atomic E-state index is 10.00. The van der Waals surface area contributed by atoms with Gasteiger partial charge < -0.3 is 9.84 Å². The van der Waals surface area contributed by atoms with E-state index in [9.17, 15) is 4.79 Å². The Bertz CT molecular complexity index is 107. The van der Waals surface area contributed by atoms with Gasteiger partial charge in [-0.25, -0.2) is 4.79 Å². The van der Waals surface area contributed by atoms with Crippen molar-refractivity contribution in [3.8, 4) is 0 Å². The zero-order chi connectivity index (χ0) is 7.49. The van der Waals surface area contributed by atoms with Crippen LogP contribution in [-0.2, 0) is 9.53 Å². The van der Waals surface area contributed by atoms with E-state index in [1.807, 2.05) is 0 Å². The lowest BCUT2D eigenvalue weighted by Gasteiger charge is -1.86. The lowest BCUT2D eigenvalue weighted by molar-refractivity contribution is -0.143. The molecule has 0 aliphatic heterocycles. The summed E-state index contributed by atoms with van der Waals surface area (Å²) in [7, 11) is -2.74. The fourth-order valence-electron chi connectivity index (χ4n) is 0.0323. The monoisotopic (exact) mass is 93.1 g/mol. The standard InChI is InChI=1S/C3H6O3/c1-6-3(5)2-4/h4H,2H2,1H3/i1D3. The minimum atomic E-state index is -2.74. The number of carbonyl (C=O) groups is 1. The first-order valence-electron chi connectivity index (χ1n) is 2.78. The number of carbonyl (C=O) groups excluding carboxylic acids is 1. The van der Waals surface area contributed by atoms with Gasteiger partial charge in [0, 0.05) is 0 Å².